The summed E-state index contributed by atoms with van der Waals surface area (Å²) < 4.78 is 8.53. The van der Waals surface area contributed by atoms with Gasteiger partial charge >= 0.3 is 0 Å². The Bertz CT molecular complexity index is 399. The van der Waals surface area contributed by atoms with Crippen molar-refractivity contribution in [2.24, 2.45) is 11.8 Å². The van der Waals surface area contributed by atoms with E-state index < -0.39 is 0 Å². The predicted molar refractivity (Wildman–Crippen MR) is 92.8 cm³/mol. The zero-order chi connectivity index (χ0) is 13.8. The molecular formula is C16H22BrIO. The zero-order valence-corrected chi connectivity index (χ0v) is 15.4. The Labute approximate surface area is 138 Å². The third kappa shape index (κ3) is 4.71. The highest BCUT2D eigenvalue weighted by atomic mass is 127. The molecule has 1 aliphatic rings. The summed E-state index contributed by atoms with van der Waals surface area (Å²) >= 11 is 5.98. The Morgan fingerprint density at radius 3 is 2.53 bits per heavy atom. The van der Waals surface area contributed by atoms with Crippen molar-refractivity contribution in [2.75, 3.05) is 4.43 Å². The lowest BCUT2D eigenvalue weighted by Gasteiger charge is -2.33. The molecule has 1 nitrogen and oxygen atoms in total. The molecule has 19 heavy (non-hydrogen) atoms. The van der Waals surface area contributed by atoms with Crippen LogP contribution in [-0.4, -0.2) is 10.5 Å². The van der Waals surface area contributed by atoms with Gasteiger partial charge in [-0.1, -0.05) is 64.5 Å². The lowest BCUT2D eigenvalue weighted by Crippen LogP contribution is -2.28. The summed E-state index contributed by atoms with van der Waals surface area (Å²) in [7, 11) is 0. The molecule has 1 aromatic carbocycles. The molecule has 106 valence electrons. The highest BCUT2D eigenvalue weighted by Crippen LogP contribution is 2.34. The molecule has 0 N–H and O–H groups in total. The number of alkyl halides is 1. The monoisotopic (exact) mass is 436 g/mol. The number of hydrogen-bond acceptors (Lipinski definition) is 1. The fourth-order valence-corrected chi connectivity index (χ4v) is 4.26. The number of halogens is 2. The minimum absolute atomic E-state index is 0.223. The largest absolute Gasteiger partial charge is 0.369 e. The molecule has 0 amide bonds. The van der Waals surface area contributed by atoms with Crippen LogP contribution in [0.5, 0.6) is 0 Å². The zero-order valence-electron chi connectivity index (χ0n) is 11.6. The molecule has 3 heteroatoms. The first kappa shape index (κ1) is 15.8. The maximum atomic E-state index is 6.39. The Morgan fingerprint density at radius 1 is 1.26 bits per heavy atom. The van der Waals surface area contributed by atoms with Crippen molar-refractivity contribution in [2.45, 2.75) is 45.3 Å². The third-order valence-electron chi connectivity index (χ3n) is 3.85. The number of ether oxygens (including phenoxy) is 1. The van der Waals surface area contributed by atoms with Crippen LogP contribution in [0, 0.1) is 11.8 Å². The van der Waals surface area contributed by atoms with Gasteiger partial charge in [0.15, 0.2) is 0 Å². The first-order chi connectivity index (χ1) is 9.08. The average Bonchev–Trinajstić information content (AvgIpc) is 2.34. The standard InChI is InChI=1S/C16H22BrIO/c1-11-6-12(2)8-15(7-11)19-16(10-18)13-4-3-5-14(17)9-13/h3-5,9,11-12,15-16H,6-8,10H2,1-2H3. The van der Waals surface area contributed by atoms with Gasteiger partial charge in [0.25, 0.3) is 0 Å². The lowest BCUT2D eigenvalue weighted by atomic mass is 9.81. The Morgan fingerprint density at radius 2 is 1.95 bits per heavy atom. The molecule has 1 aromatic rings. The summed E-state index contributed by atoms with van der Waals surface area (Å²) in [5.41, 5.74) is 1.29. The minimum atomic E-state index is 0.223. The van der Waals surface area contributed by atoms with Crippen LogP contribution in [-0.2, 0) is 4.74 Å². The fraction of sp³-hybridized carbons (Fsp3) is 0.625. The molecule has 1 aliphatic carbocycles. The molecule has 3 atom stereocenters. The van der Waals surface area contributed by atoms with Gasteiger partial charge in [-0.2, -0.15) is 0 Å². The lowest BCUT2D eigenvalue weighted by molar-refractivity contribution is -0.0394. The molecule has 2 rings (SSSR count). The molecule has 0 bridgehead atoms. The van der Waals surface area contributed by atoms with Crippen LogP contribution in [0.4, 0.5) is 0 Å². The summed E-state index contributed by atoms with van der Waals surface area (Å²) in [4.78, 5) is 0. The van der Waals surface area contributed by atoms with E-state index in [1.807, 2.05) is 0 Å². The average molecular weight is 437 g/mol. The molecule has 1 saturated carbocycles. The second kappa shape index (κ2) is 7.41. The quantitative estimate of drug-likeness (QED) is 0.430. The molecule has 3 unspecified atom stereocenters. The van der Waals surface area contributed by atoms with Crippen LogP contribution >= 0.6 is 38.5 Å². The molecule has 0 aromatic heterocycles. The van der Waals surface area contributed by atoms with E-state index in [0.717, 1.165) is 20.7 Å². The van der Waals surface area contributed by atoms with Crippen LogP contribution in [0.3, 0.4) is 0 Å². The normalized spacial score (nSPS) is 29.2. The molecule has 0 aliphatic heterocycles. The van der Waals surface area contributed by atoms with Crippen molar-refractivity contribution in [1.29, 1.82) is 0 Å². The van der Waals surface area contributed by atoms with E-state index in [2.05, 4.69) is 76.6 Å². The Hall–Kier alpha value is 0.390. The van der Waals surface area contributed by atoms with Gasteiger partial charge in [-0.15, -0.1) is 0 Å². The van der Waals surface area contributed by atoms with Crippen molar-refractivity contribution in [1.82, 2.24) is 0 Å². The summed E-state index contributed by atoms with van der Waals surface area (Å²) in [6.07, 6.45) is 4.43. The third-order valence-corrected chi connectivity index (χ3v) is 5.15. The first-order valence-corrected chi connectivity index (χ1v) is 9.37. The maximum absolute atomic E-state index is 6.39. The van der Waals surface area contributed by atoms with E-state index in [1.165, 1.54) is 24.8 Å². The molecule has 0 spiro atoms. The van der Waals surface area contributed by atoms with Gasteiger partial charge in [0, 0.05) is 8.90 Å². The van der Waals surface area contributed by atoms with Crippen molar-refractivity contribution in [3.63, 3.8) is 0 Å². The van der Waals surface area contributed by atoms with E-state index in [-0.39, 0.29) is 6.10 Å². The van der Waals surface area contributed by atoms with Crippen molar-refractivity contribution < 1.29 is 4.74 Å². The number of rotatable bonds is 4. The summed E-state index contributed by atoms with van der Waals surface area (Å²) in [5, 5.41) is 0. The minimum Gasteiger partial charge on any atom is -0.369 e. The van der Waals surface area contributed by atoms with Gasteiger partial charge in [-0.3, -0.25) is 0 Å². The van der Waals surface area contributed by atoms with Gasteiger partial charge in [0.05, 0.1) is 12.2 Å². The Kier molecular flexibility index (Phi) is 6.15. The SMILES string of the molecule is CC1CC(C)CC(OC(CI)c2cccc(Br)c2)C1. The fourth-order valence-electron chi connectivity index (χ4n) is 3.13. The number of hydrogen-bond donors (Lipinski definition) is 0. The van der Waals surface area contributed by atoms with Crippen molar-refractivity contribution in [3.8, 4) is 0 Å². The van der Waals surface area contributed by atoms with E-state index in [4.69, 9.17) is 4.74 Å². The van der Waals surface area contributed by atoms with Crippen molar-refractivity contribution in [3.05, 3.63) is 34.3 Å². The summed E-state index contributed by atoms with van der Waals surface area (Å²) in [5.74, 6) is 1.59. The molecular weight excluding hydrogens is 415 g/mol. The highest BCUT2D eigenvalue weighted by molar-refractivity contribution is 14.1. The van der Waals surface area contributed by atoms with Crippen LogP contribution < -0.4 is 0 Å². The van der Waals surface area contributed by atoms with E-state index in [9.17, 15) is 0 Å². The van der Waals surface area contributed by atoms with E-state index in [0.29, 0.717) is 6.10 Å². The van der Waals surface area contributed by atoms with Crippen LogP contribution in [0.25, 0.3) is 0 Å². The molecule has 0 heterocycles. The van der Waals surface area contributed by atoms with E-state index >= 15 is 0 Å². The van der Waals surface area contributed by atoms with E-state index in [1.54, 1.807) is 0 Å². The molecule has 1 fully saturated rings. The van der Waals surface area contributed by atoms with Crippen molar-refractivity contribution >= 4 is 38.5 Å². The second-order valence-electron chi connectivity index (χ2n) is 5.87. The topological polar surface area (TPSA) is 9.23 Å². The van der Waals surface area contributed by atoms with Gasteiger partial charge in [-0.25, -0.2) is 0 Å². The molecule has 0 radical (unpaired) electrons. The van der Waals surface area contributed by atoms with Gasteiger partial charge in [0.1, 0.15) is 0 Å². The van der Waals surface area contributed by atoms with Crippen LogP contribution in [0.15, 0.2) is 28.7 Å². The first-order valence-electron chi connectivity index (χ1n) is 7.05. The molecule has 0 saturated heterocycles. The summed E-state index contributed by atoms with van der Waals surface area (Å²) in [6.45, 7) is 4.70. The smallest absolute Gasteiger partial charge is 0.0918 e. The maximum Gasteiger partial charge on any atom is 0.0918 e. The van der Waals surface area contributed by atoms with Gasteiger partial charge in [0.2, 0.25) is 0 Å². The predicted octanol–water partition coefficient (Wildman–Crippen LogP) is 5.77. The summed E-state index contributed by atoms with van der Waals surface area (Å²) in [6, 6.07) is 8.51. The second-order valence-corrected chi connectivity index (χ2v) is 7.67. The Balaban J connectivity index is 2.02. The van der Waals surface area contributed by atoms with Gasteiger partial charge < -0.3 is 4.74 Å². The van der Waals surface area contributed by atoms with Crippen LogP contribution in [0.1, 0.15) is 44.8 Å². The highest BCUT2D eigenvalue weighted by Gasteiger charge is 2.27. The number of benzene rings is 1. The van der Waals surface area contributed by atoms with Crippen LogP contribution in [0.2, 0.25) is 0 Å². The van der Waals surface area contributed by atoms with Gasteiger partial charge in [-0.05, 0) is 48.8 Å².